The van der Waals surface area contributed by atoms with E-state index in [0.717, 1.165) is 41.5 Å². The molecule has 1 aliphatic rings. The molecule has 1 atom stereocenters. The molecule has 14 heteroatoms. The first kappa shape index (κ1) is 34.1. The van der Waals surface area contributed by atoms with Crippen LogP contribution in [-0.2, 0) is 36.7 Å². The third-order valence-electron chi connectivity index (χ3n) is 7.37. The van der Waals surface area contributed by atoms with Crippen molar-refractivity contribution in [2.45, 2.75) is 38.2 Å². The number of Topliss-reactive ketones (excluding diaryl/α,β-unsaturated/α-hetero) is 1. The molecule has 12 nitrogen and oxygen atoms in total. The zero-order chi connectivity index (χ0) is 32.8. The zero-order valence-corrected chi connectivity index (χ0v) is 27.6. The monoisotopic (exact) mass is 675 g/mol. The number of carbonyl (C=O) groups excluding carboxylic acids is 3. The van der Waals surface area contributed by atoms with Crippen molar-refractivity contribution in [2.75, 3.05) is 50.1 Å². The number of nitrogens with one attached hydrogen (secondary N) is 2. The van der Waals surface area contributed by atoms with Crippen LogP contribution in [0.4, 0.5) is 10.3 Å². The number of anilines is 2. The molecular formula is C33H37N7O5S2. The minimum absolute atomic E-state index is 0.0631. The van der Waals surface area contributed by atoms with Gasteiger partial charge in [-0.2, -0.15) is 0 Å². The van der Waals surface area contributed by atoms with Crippen LogP contribution in [-0.4, -0.2) is 82.3 Å². The fourth-order valence-electron chi connectivity index (χ4n) is 4.78. The Bertz CT molecular complexity index is 1620. The van der Waals surface area contributed by atoms with Crippen LogP contribution in [0.3, 0.4) is 0 Å². The maximum absolute atomic E-state index is 13.3. The molecule has 3 heterocycles. The molecule has 0 aliphatic carbocycles. The Morgan fingerprint density at radius 3 is 2.09 bits per heavy atom. The molecular weight excluding hydrogens is 639 g/mol. The predicted octanol–water partition coefficient (Wildman–Crippen LogP) is 4.59. The minimum Gasteiger partial charge on any atom is -0.379 e. The van der Waals surface area contributed by atoms with Gasteiger partial charge in [-0.3, -0.25) is 29.9 Å². The number of amides is 2. The summed E-state index contributed by atoms with van der Waals surface area (Å²) in [6.45, 7) is 7.34. The number of carbonyl (C=O) groups is 3. The highest BCUT2D eigenvalue weighted by molar-refractivity contribution is 7.15. The van der Waals surface area contributed by atoms with E-state index in [1.54, 1.807) is 12.1 Å². The van der Waals surface area contributed by atoms with Crippen LogP contribution in [0.5, 0.6) is 0 Å². The molecule has 5 rings (SSSR count). The van der Waals surface area contributed by atoms with Crippen molar-refractivity contribution in [3.05, 3.63) is 88.4 Å². The van der Waals surface area contributed by atoms with Crippen molar-refractivity contribution in [3.63, 3.8) is 0 Å². The third-order valence-corrected chi connectivity index (χ3v) is 9.17. The van der Waals surface area contributed by atoms with Crippen LogP contribution in [0.25, 0.3) is 5.57 Å². The molecule has 2 aromatic carbocycles. The lowest BCUT2D eigenvalue weighted by Gasteiger charge is -2.26. The van der Waals surface area contributed by atoms with Gasteiger partial charge in [0.05, 0.1) is 13.2 Å². The van der Waals surface area contributed by atoms with Crippen LogP contribution in [0, 0.1) is 0 Å². The lowest BCUT2D eigenvalue weighted by Crippen LogP contribution is -2.37. The topological polar surface area (TPSA) is 149 Å². The molecule has 1 saturated heterocycles. The highest BCUT2D eigenvalue weighted by Crippen LogP contribution is 2.24. The van der Waals surface area contributed by atoms with Crippen LogP contribution in [0.2, 0.25) is 0 Å². The summed E-state index contributed by atoms with van der Waals surface area (Å²) >= 11 is 2.65. The Kier molecular flexibility index (Phi) is 12.8. The Morgan fingerprint density at radius 1 is 0.851 bits per heavy atom. The number of aryl methyl sites for hydroxylation is 2. The number of ether oxygens (including phenoxy) is 2. The Morgan fingerprint density at radius 2 is 1.45 bits per heavy atom. The molecule has 2 amide bonds. The second-order valence-electron chi connectivity index (χ2n) is 10.8. The van der Waals surface area contributed by atoms with E-state index in [2.05, 4.69) is 42.5 Å². The summed E-state index contributed by atoms with van der Waals surface area (Å²) in [6, 6.07) is 18.3. The van der Waals surface area contributed by atoms with E-state index >= 15 is 0 Å². The van der Waals surface area contributed by atoms with Crippen LogP contribution in [0.1, 0.15) is 46.5 Å². The Hall–Kier alpha value is -4.21. The minimum atomic E-state index is -0.964. The van der Waals surface area contributed by atoms with Crippen molar-refractivity contribution in [2.24, 2.45) is 0 Å². The summed E-state index contributed by atoms with van der Waals surface area (Å²) in [5.74, 6) is -0.786. The fourth-order valence-corrected chi connectivity index (χ4v) is 6.34. The summed E-state index contributed by atoms with van der Waals surface area (Å²) in [5.41, 5.74) is 1.76. The van der Waals surface area contributed by atoms with Gasteiger partial charge in [-0.15, -0.1) is 20.4 Å². The van der Waals surface area contributed by atoms with E-state index in [9.17, 15) is 14.4 Å². The number of benzene rings is 2. The van der Waals surface area contributed by atoms with Crippen molar-refractivity contribution < 1.29 is 23.9 Å². The first-order valence-electron chi connectivity index (χ1n) is 15.4. The van der Waals surface area contributed by atoms with Gasteiger partial charge in [0.2, 0.25) is 10.3 Å². The average molecular weight is 676 g/mol. The Balaban J connectivity index is 1.05. The van der Waals surface area contributed by atoms with E-state index in [0.29, 0.717) is 60.4 Å². The van der Waals surface area contributed by atoms with Gasteiger partial charge < -0.3 is 9.47 Å². The first-order chi connectivity index (χ1) is 22.9. The van der Waals surface area contributed by atoms with Crippen molar-refractivity contribution >= 4 is 56.1 Å². The van der Waals surface area contributed by atoms with E-state index in [1.807, 2.05) is 48.5 Å². The molecule has 0 saturated carbocycles. The number of hydrogen-bond donors (Lipinski definition) is 2. The van der Waals surface area contributed by atoms with Gasteiger partial charge in [0, 0.05) is 44.5 Å². The maximum atomic E-state index is 13.3. The molecule has 246 valence electrons. The smallest absolute Gasteiger partial charge is 0.259 e. The Labute approximate surface area is 281 Å². The summed E-state index contributed by atoms with van der Waals surface area (Å²) in [7, 11) is 0. The van der Waals surface area contributed by atoms with E-state index < -0.39 is 12.0 Å². The highest BCUT2D eigenvalue weighted by atomic mass is 32.1. The van der Waals surface area contributed by atoms with Crippen molar-refractivity contribution in [1.82, 2.24) is 25.3 Å². The summed E-state index contributed by atoms with van der Waals surface area (Å²) in [4.78, 5) is 40.5. The van der Waals surface area contributed by atoms with Gasteiger partial charge >= 0.3 is 0 Å². The molecule has 1 fully saturated rings. The molecule has 0 spiro atoms. The summed E-state index contributed by atoms with van der Waals surface area (Å²) < 4.78 is 11.2. The van der Waals surface area contributed by atoms with Crippen molar-refractivity contribution in [3.8, 4) is 0 Å². The molecule has 2 N–H and O–H groups in total. The molecule has 2 aromatic heterocycles. The summed E-state index contributed by atoms with van der Waals surface area (Å²) in [6.07, 6.45) is 2.44. The normalized spacial score (nSPS) is 14.0. The molecule has 4 aromatic rings. The molecule has 47 heavy (non-hydrogen) atoms. The van der Waals surface area contributed by atoms with Gasteiger partial charge in [-0.1, -0.05) is 89.9 Å². The fraction of sp³-hybridized carbons (Fsp3) is 0.364. The van der Waals surface area contributed by atoms with Crippen molar-refractivity contribution in [1.29, 1.82) is 0 Å². The SMILES string of the molecule is C=C(C(=O)Nc1nnc(CCCCc2nnc(NC(=O)C(OCC(=O)CCN3CCOCC3)c3ccccc3)s2)s1)c1ccccc1. The number of hydrogen-bond acceptors (Lipinski definition) is 12. The number of ketones is 1. The molecule has 1 aliphatic heterocycles. The average Bonchev–Trinajstić information content (AvgIpc) is 3.75. The maximum Gasteiger partial charge on any atom is 0.259 e. The number of rotatable bonds is 17. The van der Waals surface area contributed by atoms with Gasteiger partial charge in [-0.25, -0.2) is 0 Å². The summed E-state index contributed by atoms with van der Waals surface area (Å²) in [5, 5.41) is 24.7. The molecule has 0 radical (unpaired) electrons. The zero-order valence-electron chi connectivity index (χ0n) is 25.9. The second kappa shape index (κ2) is 17.6. The van der Waals surface area contributed by atoms with Crippen LogP contribution >= 0.6 is 22.7 Å². The lowest BCUT2D eigenvalue weighted by atomic mass is 10.1. The lowest BCUT2D eigenvalue weighted by molar-refractivity contribution is -0.134. The number of nitrogens with zero attached hydrogens (tertiary/aromatic N) is 5. The standard InChI is InChI=1S/C33H37N7O5S2/c1-23(24-10-4-2-5-11-24)30(42)34-32-38-36-27(46-32)14-8-9-15-28-37-39-33(47-28)35-31(43)29(25-12-6-3-7-13-25)45-22-26(41)16-17-40-18-20-44-21-19-40/h2-7,10-13,29H,1,8-9,14-22H2,(H,34,38,42)(H,35,39,43). The van der Waals surface area contributed by atoms with Crippen LogP contribution < -0.4 is 10.6 Å². The van der Waals surface area contributed by atoms with Crippen LogP contribution in [0.15, 0.2) is 67.2 Å². The number of morpholine rings is 1. The molecule has 1 unspecified atom stereocenters. The van der Waals surface area contributed by atoms with E-state index in [1.165, 1.54) is 22.7 Å². The third kappa shape index (κ3) is 10.7. The van der Waals surface area contributed by atoms with Gasteiger partial charge in [0.25, 0.3) is 11.8 Å². The second-order valence-corrected chi connectivity index (χ2v) is 13.0. The molecule has 0 bridgehead atoms. The van der Waals surface area contributed by atoms with Gasteiger partial charge in [0.15, 0.2) is 11.9 Å². The van der Waals surface area contributed by atoms with Gasteiger partial charge in [0.1, 0.15) is 16.6 Å². The largest absolute Gasteiger partial charge is 0.379 e. The quantitative estimate of drug-likeness (QED) is 0.120. The number of aromatic nitrogens is 4. The van der Waals surface area contributed by atoms with Gasteiger partial charge in [-0.05, 0) is 24.0 Å². The first-order valence-corrected chi connectivity index (χ1v) is 17.1. The van der Waals surface area contributed by atoms with E-state index in [4.69, 9.17) is 9.47 Å². The number of unbranched alkanes of at least 4 members (excludes halogenated alkanes) is 1. The predicted molar refractivity (Wildman–Crippen MR) is 181 cm³/mol. The highest BCUT2D eigenvalue weighted by Gasteiger charge is 2.24. The van der Waals surface area contributed by atoms with E-state index in [-0.39, 0.29) is 18.3 Å².